The summed E-state index contributed by atoms with van der Waals surface area (Å²) in [5.41, 5.74) is 5.15. The number of anilines is 2. The molecule has 0 aliphatic rings. The highest BCUT2D eigenvalue weighted by molar-refractivity contribution is 6.06. The fourth-order valence-corrected chi connectivity index (χ4v) is 5.10. The van der Waals surface area contributed by atoms with Gasteiger partial charge in [0.1, 0.15) is 0 Å². The van der Waals surface area contributed by atoms with Crippen molar-refractivity contribution >= 4 is 22.1 Å². The van der Waals surface area contributed by atoms with E-state index < -0.39 is 0 Å². The fourth-order valence-electron chi connectivity index (χ4n) is 5.10. The van der Waals surface area contributed by atoms with Crippen molar-refractivity contribution in [2.45, 2.75) is 104 Å². The van der Waals surface area contributed by atoms with Crippen LogP contribution in [0.15, 0.2) is 60.7 Å². The minimum Gasteiger partial charge on any atom is -0.382 e. The summed E-state index contributed by atoms with van der Waals surface area (Å²) < 4.78 is 0. The fraction of sp³-hybridized carbons (Fsp3) is 0.500. The Bertz CT molecular complexity index is 979. The molecule has 0 radical (unpaired) electrons. The van der Waals surface area contributed by atoms with Crippen molar-refractivity contribution in [3.05, 3.63) is 60.7 Å². The molecular weight excluding hydrogens is 412 g/mol. The van der Waals surface area contributed by atoms with E-state index in [1.807, 2.05) is 0 Å². The zero-order chi connectivity index (χ0) is 24.2. The van der Waals surface area contributed by atoms with Gasteiger partial charge in [0.05, 0.1) is 5.69 Å². The predicted molar refractivity (Wildman–Crippen MR) is 153 cm³/mol. The quantitative estimate of drug-likeness (QED) is 0.237. The van der Waals surface area contributed by atoms with Crippen molar-refractivity contribution in [3.63, 3.8) is 0 Å². The van der Waals surface area contributed by atoms with Crippen LogP contribution in [0.3, 0.4) is 0 Å². The number of benzene rings is 3. The molecule has 0 spiro atoms. The van der Waals surface area contributed by atoms with Gasteiger partial charge in [0.2, 0.25) is 0 Å². The van der Waals surface area contributed by atoms with E-state index in [4.69, 9.17) is 0 Å². The maximum atomic E-state index is 4.04. The largest absolute Gasteiger partial charge is 0.382 e. The van der Waals surface area contributed by atoms with E-state index in [9.17, 15) is 0 Å². The van der Waals surface area contributed by atoms with Gasteiger partial charge in [-0.3, -0.25) is 0 Å². The predicted octanol–water partition coefficient (Wildman–Crippen LogP) is 10.0. The summed E-state index contributed by atoms with van der Waals surface area (Å²) in [6.45, 7) is 9.17. The normalized spacial score (nSPS) is 13.1. The van der Waals surface area contributed by atoms with Gasteiger partial charge in [0.15, 0.2) is 0 Å². The Balaban J connectivity index is 2.06. The van der Waals surface area contributed by atoms with Gasteiger partial charge in [-0.2, -0.15) is 0 Å². The summed E-state index contributed by atoms with van der Waals surface area (Å²) in [5, 5.41) is 10.6. The Labute approximate surface area is 208 Å². The van der Waals surface area contributed by atoms with Crippen LogP contribution in [0.25, 0.3) is 21.9 Å². The molecule has 3 rings (SSSR count). The van der Waals surface area contributed by atoms with Crippen molar-refractivity contribution in [2.24, 2.45) is 0 Å². The van der Waals surface area contributed by atoms with Crippen molar-refractivity contribution in [3.8, 4) is 11.1 Å². The van der Waals surface area contributed by atoms with Crippen LogP contribution in [0.4, 0.5) is 11.4 Å². The van der Waals surface area contributed by atoms with Gasteiger partial charge in [0, 0.05) is 34.1 Å². The highest BCUT2D eigenvalue weighted by Gasteiger charge is 2.17. The van der Waals surface area contributed by atoms with Crippen LogP contribution in [0, 0.1) is 0 Å². The molecule has 0 aliphatic heterocycles. The average Bonchev–Trinajstić information content (AvgIpc) is 2.87. The highest BCUT2D eigenvalue weighted by atomic mass is 14.9. The molecule has 0 aliphatic carbocycles. The molecule has 2 atom stereocenters. The average molecular weight is 459 g/mol. The lowest BCUT2D eigenvalue weighted by molar-refractivity contribution is 0.564. The van der Waals surface area contributed by atoms with Crippen molar-refractivity contribution in [1.82, 2.24) is 0 Å². The minimum atomic E-state index is 0.507. The van der Waals surface area contributed by atoms with Gasteiger partial charge in [-0.05, 0) is 37.3 Å². The molecule has 0 aromatic heterocycles. The first-order valence-electron chi connectivity index (χ1n) is 13.9. The molecule has 2 nitrogen and oxygen atoms in total. The number of unbranched alkanes of at least 4 members (excludes halogenated alkanes) is 2. The lowest BCUT2D eigenvalue weighted by Crippen LogP contribution is -2.20. The summed E-state index contributed by atoms with van der Waals surface area (Å²) in [7, 11) is 0. The van der Waals surface area contributed by atoms with Crippen LogP contribution < -0.4 is 10.6 Å². The molecule has 0 saturated heterocycles. The molecule has 0 amide bonds. The second-order valence-electron chi connectivity index (χ2n) is 9.80. The molecular formula is C32H46N2. The third kappa shape index (κ3) is 7.01. The Morgan fingerprint density at radius 3 is 1.82 bits per heavy atom. The molecule has 0 saturated carbocycles. The number of nitrogens with one attached hydrogen (secondary N) is 2. The van der Waals surface area contributed by atoms with Crippen LogP contribution in [-0.2, 0) is 0 Å². The Hall–Kier alpha value is -2.48. The lowest BCUT2D eigenvalue weighted by Gasteiger charge is -2.25. The van der Waals surface area contributed by atoms with Gasteiger partial charge in [-0.25, -0.2) is 0 Å². The highest BCUT2D eigenvalue weighted by Crippen LogP contribution is 2.39. The number of hydrogen-bond acceptors (Lipinski definition) is 2. The van der Waals surface area contributed by atoms with Crippen molar-refractivity contribution in [1.29, 1.82) is 0 Å². The van der Waals surface area contributed by atoms with Gasteiger partial charge in [-0.15, -0.1) is 0 Å². The van der Waals surface area contributed by atoms with Gasteiger partial charge in [-0.1, -0.05) is 121 Å². The van der Waals surface area contributed by atoms with E-state index in [1.54, 1.807) is 0 Å². The Morgan fingerprint density at radius 1 is 0.559 bits per heavy atom. The third-order valence-corrected chi connectivity index (χ3v) is 6.94. The van der Waals surface area contributed by atoms with Crippen molar-refractivity contribution < 1.29 is 0 Å². The van der Waals surface area contributed by atoms with Crippen molar-refractivity contribution in [2.75, 3.05) is 10.6 Å². The molecule has 2 N–H and O–H groups in total. The van der Waals surface area contributed by atoms with Gasteiger partial charge >= 0.3 is 0 Å². The van der Waals surface area contributed by atoms with E-state index in [0.29, 0.717) is 12.1 Å². The summed E-state index contributed by atoms with van der Waals surface area (Å²) in [5.74, 6) is 0. The molecule has 3 aromatic rings. The first kappa shape index (κ1) is 26.1. The van der Waals surface area contributed by atoms with E-state index in [-0.39, 0.29) is 0 Å². The summed E-state index contributed by atoms with van der Waals surface area (Å²) in [4.78, 5) is 0. The van der Waals surface area contributed by atoms with E-state index in [2.05, 4.69) is 99.0 Å². The standard InChI is InChI=1S/C32H46N2/c1-5-9-19-26(15-7-3)33-31-22-14-21-30-29(31)24-23-28(25-17-12-11-13-18-25)32(30)34-27(16-8-4)20-10-6-2/h11-14,17-18,21-24,26-27,33-34H,5-10,15-16,19-20H2,1-4H3. The monoisotopic (exact) mass is 458 g/mol. The molecule has 34 heavy (non-hydrogen) atoms. The summed E-state index contributed by atoms with van der Waals surface area (Å²) >= 11 is 0. The smallest absolute Gasteiger partial charge is 0.0502 e. The minimum absolute atomic E-state index is 0.507. The Morgan fingerprint density at radius 2 is 1.21 bits per heavy atom. The van der Waals surface area contributed by atoms with E-state index in [1.165, 1.54) is 97.5 Å². The molecule has 0 bridgehead atoms. The van der Waals surface area contributed by atoms with Crippen LogP contribution in [0.1, 0.15) is 91.9 Å². The van der Waals surface area contributed by atoms with E-state index >= 15 is 0 Å². The SMILES string of the molecule is CCCCC(CCC)Nc1cccc2c(NC(CCC)CCCC)c(-c3ccccc3)ccc12. The van der Waals surface area contributed by atoms with E-state index in [0.717, 1.165) is 0 Å². The molecule has 2 heteroatoms. The Kier molecular flexibility index (Phi) is 10.8. The van der Waals surface area contributed by atoms with Crippen LogP contribution >= 0.6 is 0 Å². The van der Waals surface area contributed by atoms with Gasteiger partial charge < -0.3 is 10.6 Å². The molecule has 184 valence electrons. The zero-order valence-electron chi connectivity index (χ0n) is 22.0. The summed E-state index contributed by atoms with van der Waals surface area (Å²) in [6.07, 6.45) is 12.4. The number of fused-ring (bicyclic) bond motifs is 1. The van der Waals surface area contributed by atoms with Crippen LogP contribution in [0.2, 0.25) is 0 Å². The summed E-state index contributed by atoms with van der Waals surface area (Å²) in [6, 6.07) is 23.4. The molecule has 0 fully saturated rings. The number of hydrogen-bond donors (Lipinski definition) is 2. The first-order valence-corrected chi connectivity index (χ1v) is 13.9. The first-order chi connectivity index (χ1) is 16.7. The maximum Gasteiger partial charge on any atom is 0.0502 e. The molecule has 2 unspecified atom stereocenters. The second kappa shape index (κ2) is 14.0. The lowest BCUT2D eigenvalue weighted by atomic mass is 9.95. The maximum absolute atomic E-state index is 4.04. The van der Waals surface area contributed by atoms with Gasteiger partial charge in [0.25, 0.3) is 0 Å². The third-order valence-electron chi connectivity index (χ3n) is 6.94. The topological polar surface area (TPSA) is 24.1 Å². The van der Waals surface area contributed by atoms with Crippen LogP contribution in [-0.4, -0.2) is 12.1 Å². The molecule has 0 heterocycles. The second-order valence-corrected chi connectivity index (χ2v) is 9.80. The van der Waals surface area contributed by atoms with Crippen LogP contribution in [0.5, 0.6) is 0 Å². The zero-order valence-corrected chi connectivity index (χ0v) is 22.0. The number of rotatable bonds is 15. The molecule has 3 aromatic carbocycles.